The molecule has 0 spiro atoms. The standard InChI is InChI=1S/C22H22N2O4/c1-22(2,3)28-21(26)24-17-9-8-15(27-4)10-14(17)11-18(24)16-7-5-6-13-12-23-20(25)19(13)16/h5-11H,12H2,1-4H3,(H,23,25). The summed E-state index contributed by atoms with van der Waals surface area (Å²) >= 11 is 0. The Morgan fingerprint density at radius 3 is 2.64 bits per heavy atom. The zero-order valence-corrected chi connectivity index (χ0v) is 16.3. The van der Waals surface area contributed by atoms with Crippen LogP contribution in [0.5, 0.6) is 5.75 Å². The Labute approximate surface area is 163 Å². The van der Waals surface area contributed by atoms with Crippen LogP contribution in [0.25, 0.3) is 22.2 Å². The lowest BCUT2D eigenvalue weighted by Gasteiger charge is -2.21. The maximum Gasteiger partial charge on any atom is 0.419 e. The molecular weight excluding hydrogens is 356 g/mol. The summed E-state index contributed by atoms with van der Waals surface area (Å²) in [5.41, 5.74) is 2.89. The van der Waals surface area contributed by atoms with E-state index in [4.69, 9.17) is 9.47 Å². The molecule has 0 radical (unpaired) electrons. The zero-order chi connectivity index (χ0) is 20.1. The van der Waals surface area contributed by atoms with Gasteiger partial charge in [0.25, 0.3) is 5.91 Å². The molecule has 0 bridgehead atoms. The van der Waals surface area contributed by atoms with Crippen LogP contribution in [0.15, 0.2) is 42.5 Å². The van der Waals surface area contributed by atoms with Gasteiger partial charge in [-0.2, -0.15) is 0 Å². The summed E-state index contributed by atoms with van der Waals surface area (Å²) in [4.78, 5) is 25.5. The molecule has 0 aliphatic carbocycles. The minimum Gasteiger partial charge on any atom is -0.497 e. The monoisotopic (exact) mass is 378 g/mol. The summed E-state index contributed by atoms with van der Waals surface area (Å²) in [5, 5.41) is 3.68. The molecule has 6 heteroatoms. The molecule has 0 atom stereocenters. The summed E-state index contributed by atoms with van der Waals surface area (Å²) in [6, 6.07) is 13.0. The fourth-order valence-corrected chi connectivity index (χ4v) is 3.52. The molecule has 1 aliphatic rings. The molecule has 1 aliphatic heterocycles. The number of nitrogens with one attached hydrogen (secondary N) is 1. The molecule has 2 aromatic carbocycles. The molecule has 6 nitrogen and oxygen atoms in total. The number of fused-ring (bicyclic) bond motifs is 2. The van der Waals surface area contributed by atoms with Crippen LogP contribution >= 0.6 is 0 Å². The minimum absolute atomic E-state index is 0.135. The van der Waals surface area contributed by atoms with Crippen molar-refractivity contribution in [3.05, 3.63) is 53.6 Å². The van der Waals surface area contributed by atoms with E-state index >= 15 is 0 Å². The Morgan fingerprint density at radius 1 is 1.14 bits per heavy atom. The number of carbonyl (C=O) groups excluding carboxylic acids is 2. The lowest BCUT2D eigenvalue weighted by molar-refractivity contribution is 0.0547. The minimum atomic E-state index is -0.645. The number of methoxy groups -OCH3 is 1. The van der Waals surface area contributed by atoms with Gasteiger partial charge in [0.15, 0.2) is 0 Å². The van der Waals surface area contributed by atoms with Crippen LogP contribution in [0.3, 0.4) is 0 Å². The first-order valence-electron chi connectivity index (χ1n) is 9.12. The van der Waals surface area contributed by atoms with Gasteiger partial charge in [0, 0.05) is 17.5 Å². The van der Waals surface area contributed by atoms with E-state index in [1.807, 2.05) is 57.2 Å². The molecule has 144 valence electrons. The second-order valence-electron chi connectivity index (χ2n) is 7.79. The summed E-state index contributed by atoms with van der Waals surface area (Å²) in [6.07, 6.45) is -0.487. The summed E-state index contributed by atoms with van der Waals surface area (Å²) in [5.74, 6) is 0.556. The topological polar surface area (TPSA) is 69.6 Å². The van der Waals surface area contributed by atoms with Crippen LogP contribution in [-0.4, -0.2) is 29.3 Å². The van der Waals surface area contributed by atoms with Gasteiger partial charge in [0.05, 0.1) is 23.9 Å². The van der Waals surface area contributed by atoms with E-state index in [2.05, 4.69) is 5.32 Å². The molecule has 1 amide bonds. The first-order valence-corrected chi connectivity index (χ1v) is 9.12. The Balaban J connectivity index is 1.98. The van der Waals surface area contributed by atoms with Crippen LogP contribution < -0.4 is 10.1 Å². The van der Waals surface area contributed by atoms with Gasteiger partial charge < -0.3 is 14.8 Å². The highest BCUT2D eigenvalue weighted by Crippen LogP contribution is 2.35. The van der Waals surface area contributed by atoms with E-state index in [-0.39, 0.29) is 5.91 Å². The van der Waals surface area contributed by atoms with E-state index in [9.17, 15) is 9.59 Å². The Bertz CT molecular complexity index is 1110. The highest BCUT2D eigenvalue weighted by atomic mass is 16.6. The van der Waals surface area contributed by atoms with Crippen molar-refractivity contribution in [1.82, 2.24) is 9.88 Å². The van der Waals surface area contributed by atoms with Gasteiger partial charge in [-0.3, -0.25) is 4.79 Å². The first kappa shape index (κ1) is 18.1. The summed E-state index contributed by atoms with van der Waals surface area (Å²) in [7, 11) is 1.60. The summed E-state index contributed by atoms with van der Waals surface area (Å²) in [6.45, 7) is 5.97. The Hall–Kier alpha value is -3.28. The van der Waals surface area contributed by atoms with Gasteiger partial charge in [-0.1, -0.05) is 18.2 Å². The molecular formula is C22H22N2O4. The van der Waals surface area contributed by atoms with Crippen molar-refractivity contribution in [2.24, 2.45) is 0 Å². The van der Waals surface area contributed by atoms with Crippen LogP contribution in [-0.2, 0) is 11.3 Å². The quantitative estimate of drug-likeness (QED) is 0.720. The van der Waals surface area contributed by atoms with Gasteiger partial charge in [0.1, 0.15) is 11.4 Å². The second kappa shape index (κ2) is 6.41. The van der Waals surface area contributed by atoms with Crippen molar-refractivity contribution in [2.45, 2.75) is 32.9 Å². The van der Waals surface area contributed by atoms with Crippen molar-refractivity contribution in [2.75, 3.05) is 7.11 Å². The van der Waals surface area contributed by atoms with Gasteiger partial charge in [0.2, 0.25) is 0 Å². The Kier molecular flexibility index (Phi) is 4.14. The zero-order valence-electron chi connectivity index (χ0n) is 16.3. The average molecular weight is 378 g/mol. The van der Waals surface area contributed by atoms with Crippen molar-refractivity contribution in [1.29, 1.82) is 0 Å². The molecule has 28 heavy (non-hydrogen) atoms. The molecule has 1 aromatic heterocycles. The summed E-state index contributed by atoms with van der Waals surface area (Å²) < 4.78 is 12.5. The molecule has 4 rings (SSSR count). The van der Waals surface area contributed by atoms with E-state index in [1.54, 1.807) is 13.2 Å². The van der Waals surface area contributed by atoms with Crippen molar-refractivity contribution in [3.8, 4) is 17.0 Å². The van der Waals surface area contributed by atoms with Crippen molar-refractivity contribution in [3.63, 3.8) is 0 Å². The van der Waals surface area contributed by atoms with E-state index in [0.29, 0.717) is 34.6 Å². The number of ether oxygens (including phenoxy) is 2. The van der Waals surface area contributed by atoms with Gasteiger partial charge in [-0.05, 0) is 50.6 Å². The van der Waals surface area contributed by atoms with Crippen molar-refractivity contribution < 1.29 is 19.1 Å². The predicted octanol–water partition coefficient (Wildman–Crippen LogP) is 4.34. The Morgan fingerprint density at radius 2 is 1.93 bits per heavy atom. The third-order valence-corrected chi connectivity index (χ3v) is 4.68. The lowest BCUT2D eigenvalue weighted by Crippen LogP contribution is -2.27. The van der Waals surface area contributed by atoms with Crippen LogP contribution in [0.1, 0.15) is 36.7 Å². The highest BCUT2D eigenvalue weighted by molar-refractivity contribution is 6.06. The predicted molar refractivity (Wildman–Crippen MR) is 107 cm³/mol. The largest absolute Gasteiger partial charge is 0.497 e. The number of rotatable bonds is 2. The van der Waals surface area contributed by atoms with E-state index in [0.717, 1.165) is 10.9 Å². The molecule has 3 aromatic rings. The highest BCUT2D eigenvalue weighted by Gasteiger charge is 2.28. The van der Waals surface area contributed by atoms with Crippen LogP contribution in [0.4, 0.5) is 4.79 Å². The lowest BCUT2D eigenvalue weighted by atomic mass is 10.0. The number of hydrogen-bond acceptors (Lipinski definition) is 4. The third-order valence-electron chi connectivity index (χ3n) is 4.68. The number of carbonyl (C=O) groups is 2. The molecule has 0 saturated heterocycles. The van der Waals surface area contributed by atoms with Crippen LogP contribution in [0.2, 0.25) is 0 Å². The maximum absolute atomic E-state index is 13.1. The number of aromatic nitrogens is 1. The smallest absolute Gasteiger partial charge is 0.419 e. The second-order valence-corrected chi connectivity index (χ2v) is 7.79. The van der Waals surface area contributed by atoms with E-state index in [1.165, 1.54) is 4.57 Å². The van der Waals surface area contributed by atoms with Crippen LogP contribution in [0, 0.1) is 0 Å². The SMILES string of the molecule is COc1ccc2c(c1)cc(-c1cccc3c1C(=O)NC3)n2C(=O)OC(C)(C)C. The average Bonchev–Trinajstić information content (AvgIpc) is 3.20. The first-order chi connectivity index (χ1) is 13.3. The molecule has 1 N–H and O–H groups in total. The number of amides is 1. The normalized spacial score (nSPS) is 13.4. The van der Waals surface area contributed by atoms with Gasteiger partial charge in [-0.25, -0.2) is 9.36 Å². The van der Waals surface area contributed by atoms with Gasteiger partial charge >= 0.3 is 6.09 Å². The number of nitrogens with zero attached hydrogens (tertiary/aromatic N) is 1. The molecule has 0 fully saturated rings. The molecule has 0 unspecified atom stereocenters. The number of hydrogen-bond donors (Lipinski definition) is 1. The van der Waals surface area contributed by atoms with Gasteiger partial charge in [-0.15, -0.1) is 0 Å². The fraction of sp³-hybridized carbons (Fsp3) is 0.273. The fourth-order valence-electron chi connectivity index (χ4n) is 3.52. The molecule has 2 heterocycles. The molecule has 0 saturated carbocycles. The maximum atomic E-state index is 13.1. The van der Waals surface area contributed by atoms with Crippen molar-refractivity contribution >= 4 is 22.9 Å². The van der Waals surface area contributed by atoms with E-state index < -0.39 is 11.7 Å². The number of benzene rings is 2. The third kappa shape index (κ3) is 3.01.